The Balaban J connectivity index is 1.41. The van der Waals surface area contributed by atoms with E-state index in [4.69, 9.17) is 12.2 Å². The minimum absolute atomic E-state index is 0.0424. The number of nitro groups is 1. The normalized spacial score (nSPS) is 14.5. The van der Waals surface area contributed by atoms with Gasteiger partial charge >= 0.3 is 0 Å². The molecule has 4 aromatic rings. The summed E-state index contributed by atoms with van der Waals surface area (Å²) in [6, 6.07) is 21.5. The van der Waals surface area contributed by atoms with Crippen molar-refractivity contribution in [1.82, 2.24) is 9.88 Å². The zero-order valence-corrected chi connectivity index (χ0v) is 22.9. The van der Waals surface area contributed by atoms with Crippen LogP contribution in [0.2, 0.25) is 0 Å². The van der Waals surface area contributed by atoms with E-state index in [1.165, 1.54) is 54.2 Å². The number of aryl methyl sites for hydroxylation is 1. The molecule has 1 aliphatic heterocycles. The number of hydrogen-bond donors (Lipinski definition) is 1. The van der Waals surface area contributed by atoms with E-state index in [9.17, 15) is 24.1 Å². The molecule has 8 nitrogen and oxygen atoms in total. The topological polar surface area (TPSA) is 97.5 Å². The average Bonchev–Trinajstić information content (AvgIpc) is 3.19. The van der Waals surface area contributed by atoms with Crippen molar-refractivity contribution >= 4 is 58.4 Å². The van der Waals surface area contributed by atoms with Crippen LogP contribution < -0.4 is 10.2 Å². The van der Waals surface area contributed by atoms with Crippen LogP contribution in [0.15, 0.2) is 94.2 Å². The van der Waals surface area contributed by atoms with Crippen molar-refractivity contribution in [2.24, 2.45) is 0 Å². The van der Waals surface area contributed by atoms with E-state index >= 15 is 0 Å². The van der Waals surface area contributed by atoms with Crippen LogP contribution in [0.4, 0.5) is 15.8 Å². The number of anilines is 1. The number of rotatable bonds is 6. The molecule has 0 unspecified atom stereocenters. The van der Waals surface area contributed by atoms with Gasteiger partial charge in [-0.25, -0.2) is 4.39 Å². The van der Waals surface area contributed by atoms with Gasteiger partial charge in [-0.3, -0.25) is 29.9 Å². The zero-order valence-electron chi connectivity index (χ0n) is 21.3. The van der Waals surface area contributed by atoms with E-state index in [0.717, 1.165) is 31.8 Å². The van der Waals surface area contributed by atoms with Gasteiger partial charge in [-0.05, 0) is 98.4 Å². The van der Waals surface area contributed by atoms with Gasteiger partial charge in [-0.15, -0.1) is 0 Å². The Morgan fingerprint density at radius 3 is 2.23 bits per heavy atom. The third-order valence-corrected chi connectivity index (χ3v) is 7.62. The van der Waals surface area contributed by atoms with E-state index in [1.807, 2.05) is 48.7 Å². The molecule has 1 fully saturated rings. The quantitative estimate of drug-likeness (QED) is 0.0983. The van der Waals surface area contributed by atoms with Crippen LogP contribution in [0.3, 0.4) is 0 Å². The summed E-state index contributed by atoms with van der Waals surface area (Å²) in [4.78, 5) is 39.5. The maximum atomic E-state index is 13.8. The molecule has 11 heteroatoms. The molecule has 40 heavy (non-hydrogen) atoms. The maximum Gasteiger partial charge on any atom is 0.270 e. The fourth-order valence-corrected chi connectivity index (χ4v) is 5.53. The number of amides is 2. The van der Waals surface area contributed by atoms with Gasteiger partial charge in [0, 0.05) is 39.0 Å². The fourth-order valence-electron chi connectivity index (χ4n) is 4.43. The lowest BCUT2D eigenvalue weighted by atomic mass is 10.1. The molecule has 3 aromatic carbocycles. The Labute approximate surface area is 238 Å². The van der Waals surface area contributed by atoms with E-state index in [-0.39, 0.29) is 22.1 Å². The molecule has 1 N–H and O–H groups in total. The van der Waals surface area contributed by atoms with Crippen LogP contribution in [-0.2, 0) is 9.59 Å². The molecule has 0 bridgehead atoms. The van der Waals surface area contributed by atoms with Crippen LogP contribution in [0, 0.1) is 29.8 Å². The van der Waals surface area contributed by atoms with Gasteiger partial charge in [0.25, 0.3) is 17.5 Å². The molecule has 1 saturated heterocycles. The van der Waals surface area contributed by atoms with Crippen molar-refractivity contribution in [3.8, 4) is 5.69 Å². The third-order valence-electron chi connectivity index (χ3n) is 6.32. The number of halogens is 1. The number of carbonyl (C=O) groups is 2. The number of aromatic nitrogens is 1. The van der Waals surface area contributed by atoms with Gasteiger partial charge in [0.15, 0.2) is 5.11 Å². The Bertz CT molecular complexity index is 1710. The second-order valence-electron chi connectivity index (χ2n) is 8.95. The highest BCUT2D eigenvalue weighted by molar-refractivity contribution is 7.99. The molecule has 1 aliphatic rings. The number of nitro benzene ring substituents is 1. The van der Waals surface area contributed by atoms with Gasteiger partial charge in [0.1, 0.15) is 11.4 Å². The molecule has 0 radical (unpaired) electrons. The molecular weight excluding hydrogens is 551 g/mol. The molecular formula is C29H21FN4O4S2. The molecule has 2 amide bonds. The minimum Gasteiger partial charge on any atom is -0.318 e. The molecule has 0 saturated carbocycles. The van der Waals surface area contributed by atoms with E-state index in [2.05, 4.69) is 5.32 Å². The van der Waals surface area contributed by atoms with Gasteiger partial charge in [-0.2, -0.15) is 0 Å². The first-order chi connectivity index (χ1) is 19.1. The van der Waals surface area contributed by atoms with Crippen molar-refractivity contribution in [2.45, 2.75) is 23.6 Å². The number of hydrogen-bond acceptors (Lipinski definition) is 6. The van der Waals surface area contributed by atoms with E-state index in [1.54, 1.807) is 12.1 Å². The van der Waals surface area contributed by atoms with E-state index < -0.39 is 22.6 Å². The van der Waals surface area contributed by atoms with Crippen LogP contribution in [0.5, 0.6) is 0 Å². The highest BCUT2D eigenvalue weighted by atomic mass is 32.2. The lowest BCUT2D eigenvalue weighted by Crippen LogP contribution is -2.54. The summed E-state index contributed by atoms with van der Waals surface area (Å²) in [6.45, 7) is 3.81. The molecule has 0 aliphatic carbocycles. The molecule has 200 valence electrons. The number of non-ortho nitro benzene ring substituents is 1. The number of carbonyl (C=O) groups excluding carboxylic acids is 2. The Morgan fingerprint density at radius 1 is 0.950 bits per heavy atom. The lowest BCUT2D eigenvalue weighted by molar-refractivity contribution is -0.384. The van der Waals surface area contributed by atoms with Crippen molar-refractivity contribution in [3.63, 3.8) is 0 Å². The standard InChI is InChI=1S/C29H21FN4O4S2/c1-17-14-19(15-26-27(35)31-29(39)33(28(26)36)23-5-3-4-20(30)16-23)18(2)32(17)21-6-10-24(11-7-21)40-25-12-8-22(9-13-25)34(37)38/h3-16H,1-2H3,(H,31,35,39)/b26-15+. The lowest BCUT2D eigenvalue weighted by Gasteiger charge is -2.28. The fraction of sp³-hybridized carbons (Fsp3) is 0.0690. The smallest absolute Gasteiger partial charge is 0.270 e. The summed E-state index contributed by atoms with van der Waals surface area (Å²) >= 11 is 6.68. The highest BCUT2D eigenvalue weighted by Gasteiger charge is 2.35. The van der Waals surface area contributed by atoms with Crippen molar-refractivity contribution in [2.75, 3.05) is 4.90 Å². The second kappa shape index (κ2) is 10.9. The number of nitrogens with zero attached hydrogens (tertiary/aromatic N) is 3. The molecule has 5 rings (SSSR count). The average molecular weight is 573 g/mol. The highest BCUT2D eigenvalue weighted by Crippen LogP contribution is 2.31. The predicted octanol–water partition coefficient (Wildman–Crippen LogP) is 6.12. The zero-order chi connectivity index (χ0) is 28.6. The van der Waals surface area contributed by atoms with Crippen molar-refractivity contribution < 1.29 is 18.9 Å². The molecule has 2 heterocycles. The summed E-state index contributed by atoms with van der Waals surface area (Å²) in [5.41, 5.74) is 3.40. The summed E-state index contributed by atoms with van der Waals surface area (Å²) < 4.78 is 15.8. The summed E-state index contributed by atoms with van der Waals surface area (Å²) in [7, 11) is 0. The molecule has 0 spiro atoms. The summed E-state index contributed by atoms with van der Waals surface area (Å²) in [5.74, 6) is -1.80. The second-order valence-corrected chi connectivity index (χ2v) is 10.5. The first kappa shape index (κ1) is 27.0. The first-order valence-corrected chi connectivity index (χ1v) is 13.2. The first-order valence-electron chi connectivity index (χ1n) is 12.0. The summed E-state index contributed by atoms with van der Waals surface area (Å²) in [6.07, 6.45) is 1.52. The van der Waals surface area contributed by atoms with Crippen molar-refractivity contribution in [3.05, 3.63) is 117 Å². The number of thiocarbonyl (C=S) groups is 1. The van der Waals surface area contributed by atoms with E-state index in [0.29, 0.717) is 5.56 Å². The maximum absolute atomic E-state index is 13.8. The molecule has 1 aromatic heterocycles. The monoisotopic (exact) mass is 572 g/mol. The SMILES string of the molecule is Cc1cc(/C=C2\C(=O)NC(=S)N(c3cccc(F)c3)C2=O)c(C)n1-c1ccc(Sc2ccc([N+](=O)[O-])cc2)cc1. The summed E-state index contributed by atoms with van der Waals surface area (Å²) in [5, 5.41) is 13.3. The van der Waals surface area contributed by atoms with Crippen LogP contribution in [0.1, 0.15) is 17.0 Å². The minimum atomic E-state index is -0.642. The van der Waals surface area contributed by atoms with Crippen LogP contribution >= 0.6 is 24.0 Å². The van der Waals surface area contributed by atoms with Gasteiger partial charge in [0.05, 0.1) is 10.6 Å². The van der Waals surface area contributed by atoms with Gasteiger partial charge in [-0.1, -0.05) is 17.8 Å². The van der Waals surface area contributed by atoms with Crippen molar-refractivity contribution in [1.29, 1.82) is 0 Å². The number of benzene rings is 3. The van der Waals surface area contributed by atoms with Gasteiger partial charge in [0.2, 0.25) is 0 Å². The Hall–Kier alpha value is -4.61. The predicted molar refractivity (Wildman–Crippen MR) is 155 cm³/mol. The Morgan fingerprint density at radius 2 is 1.60 bits per heavy atom. The van der Waals surface area contributed by atoms with Gasteiger partial charge < -0.3 is 4.57 Å². The third kappa shape index (κ3) is 5.29. The van der Waals surface area contributed by atoms with Crippen LogP contribution in [-0.4, -0.2) is 26.4 Å². The molecule has 0 atom stereocenters. The largest absolute Gasteiger partial charge is 0.318 e. The van der Waals surface area contributed by atoms with Crippen LogP contribution in [0.25, 0.3) is 11.8 Å². The number of nitrogens with one attached hydrogen (secondary N) is 1. The Kier molecular flexibility index (Phi) is 7.33.